The minimum absolute atomic E-state index is 0.0653. The number of hydrogen-bond donors (Lipinski definition) is 1. The first-order chi connectivity index (χ1) is 16.2. The number of hydrazone groups is 1. The van der Waals surface area contributed by atoms with Crippen molar-refractivity contribution in [1.29, 1.82) is 0 Å². The summed E-state index contributed by atoms with van der Waals surface area (Å²) in [7, 11) is -2.71. The molecule has 0 fully saturated rings. The Labute approximate surface area is 200 Å². The summed E-state index contributed by atoms with van der Waals surface area (Å²) in [5, 5.41) is 15.1. The fourth-order valence-electron chi connectivity index (χ4n) is 2.92. The maximum absolute atomic E-state index is 13.3. The Hall–Kier alpha value is -3.96. The maximum Gasteiger partial charge on any atom is 0.278 e. The molecule has 176 valence electrons. The van der Waals surface area contributed by atoms with Gasteiger partial charge >= 0.3 is 0 Å². The summed E-state index contributed by atoms with van der Waals surface area (Å²) in [6.45, 7) is -0.622. The van der Waals surface area contributed by atoms with Gasteiger partial charge in [0.1, 0.15) is 12.3 Å². The molecule has 3 aromatic rings. The van der Waals surface area contributed by atoms with Gasteiger partial charge in [0.15, 0.2) is 0 Å². The number of halogens is 1. The highest BCUT2D eigenvalue weighted by molar-refractivity contribution is 7.92. The first kappa shape index (κ1) is 24.7. The normalized spacial score (nSPS) is 11.2. The average Bonchev–Trinajstić information content (AvgIpc) is 2.82. The van der Waals surface area contributed by atoms with Gasteiger partial charge in [-0.3, -0.25) is 19.2 Å². The van der Waals surface area contributed by atoms with Crippen LogP contribution in [0, 0.1) is 10.1 Å². The second kappa shape index (κ2) is 10.8. The number of carbonyl (C=O) groups excluding carboxylic acids is 1. The van der Waals surface area contributed by atoms with Crippen molar-refractivity contribution in [3.05, 3.63) is 93.5 Å². The average molecular weight is 503 g/mol. The largest absolute Gasteiger partial charge is 0.497 e. The van der Waals surface area contributed by atoms with Crippen LogP contribution in [-0.4, -0.2) is 39.1 Å². The summed E-state index contributed by atoms with van der Waals surface area (Å²) in [5.41, 5.74) is 2.35. The Bertz CT molecular complexity index is 1330. The third-order valence-electron chi connectivity index (χ3n) is 4.56. The van der Waals surface area contributed by atoms with E-state index in [-0.39, 0.29) is 26.9 Å². The van der Waals surface area contributed by atoms with Gasteiger partial charge in [-0.05, 0) is 48.5 Å². The molecule has 0 saturated carbocycles. The van der Waals surface area contributed by atoms with Gasteiger partial charge in [-0.25, -0.2) is 13.8 Å². The van der Waals surface area contributed by atoms with Crippen molar-refractivity contribution in [1.82, 2.24) is 5.43 Å². The molecule has 0 aromatic heterocycles. The maximum atomic E-state index is 13.3. The van der Waals surface area contributed by atoms with Crippen molar-refractivity contribution in [2.75, 3.05) is 18.0 Å². The fraction of sp³-hybridized carbons (Fsp3) is 0.0909. The van der Waals surface area contributed by atoms with Crippen LogP contribution in [0.4, 0.5) is 11.4 Å². The molecule has 0 atom stereocenters. The van der Waals surface area contributed by atoms with E-state index in [2.05, 4.69) is 10.5 Å². The summed E-state index contributed by atoms with van der Waals surface area (Å²) in [4.78, 5) is 23.0. The first-order valence-corrected chi connectivity index (χ1v) is 11.5. The van der Waals surface area contributed by atoms with Crippen molar-refractivity contribution in [3.63, 3.8) is 0 Å². The van der Waals surface area contributed by atoms with Crippen LogP contribution in [0.15, 0.2) is 82.8 Å². The minimum atomic E-state index is -4.17. The van der Waals surface area contributed by atoms with E-state index in [1.54, 1.807) is 18.2 Å². The summed E-state index contributed by atoms with van der Waals surface area (Å²) in [5.74, 6) is -0.303. The van der Waals surface area contributed by atoms with E-state index in [0.717, 1.165) is 10.5 Å². The molecule has 0 aliphatic carbocycles. The van der Waals surface area contributed by atoms with Crippen molar-refractivity contribution in [2.24, 2.45) is 5.10 Å². The highest BCUT2D eigenvalue weighted by Crippen LogP contribution is 2.27. The Morgan fingerprint density at radius 3 is 2.50 bits per heavy atom. The molecule has 1 N–H and O–H groups in total. The number of nitrogens with zero attached hydrogens (tertiary/aromatic N) is 3. The van der Waals surface area contributed by atoms with Crippen LogP contribution in [0.2, 0.25) is 5.02 Å². The van der Waals surface area contributed by atoms with Gasteiger partial charge in [-0.2, -0.15) is 5.10 Å². The molecule has 3 rings (SSSR count). The highest BCUT2D eigenvalue weighted by Gasteiger charge is 2.27. The van der Waals surface area contributed by atoms with Crippen molar-refractivity contribution in [2.45, 2.75) is 4.90 Å². The van der Waals surface area contributed by atoms with Crippen molar-refractivity contribution in [3.8, 4) is 5.75 Å². The number of rotatable bonds is 9. The molecule has 34 heavy (non-hydrogen) atoms. The number of nitrogens with one attached hydrogen (secondary N) is 1. The van der Waals surface area contributed by atoms with Crippen LogP contribution in [0.5, 0.6) is 5.75 Å². The van der Waals surface area contributed by atoms with Gasteiger partial charge in [0.05, 0.1) is 34.4 Å². The second-order valence-corrected chi connectivity index (χ2v) is 9.07. The van der Waals surface area contributed by atoms with E-state index in [4.69, 9.17) is 16.3 Å². The number of anilines is 1. The molecule has 0 bridgehead atoms. The summed E-state index contributed by atoms with van der Waals surface area (Å²) in [6, 6.07) is 17.6. The Morgan fingerprint density at radius 2 is 1.85 bits per heavy atom. The number of carbonyl (C=O) groups is 1. The zero-order valence-electron chi connectivity index (χ0n) is 17.8. The zero-order chi connectivity index (χ0) is 24.7. The van der Waals surface area contributed by atoms with Crippen LogP contribution in [-0.2, 0) is 14.8 Å². The Kier molecular flexibility index (Phi) is 7.82. The first-order valence-electron chi connectivity index (χ1n) is 9.70. The van der Waals surface area contributed by atoms with Gasteiger partial charge < -0.3 is 4.74 Å². The topological polar surface area (TPSA) is 131 Å². The van der Waals surface area contributed by atoms with Gasteiger partial charge in [0.25, 0.3) is 21.6 Å². The Morgan fingerprint density at radius 1 is 1.15 bits per heavy atom. The lowest BCUT2D eigenvalue weighted by atomic mass is 10.2. The van der Waals surface area contributed by atoms with Crippen LogP contribution in [0.3, 0.4) is 0 Å². The molecule has 0 spiro atoms. The van der Waals surface area contributed by atoms with Crippen LogP contribution in [0.25, 0.3) is 0 Å². The van der Waals surface area contributed by atoms with Gasteiger partial charge in [-0.15, -0.1) is 0 Å². The number of nitro benzene ring substituents is 1. The molecule has 0 unspecified atom stereocenters. The number of para-hydroxylation sites is 1. The monoisotopic (exact) mass is 502 g/mol. The number of amides is 1. The van der Waals surface area contributed by atoms with Gasteiger partial charge in [-0.1, -0.05) is 29.8 Å². The molecule has 0 saturated heterocycles. The van der Waals surface area contributed by atoms with Gasteiger partial charge in [0.2, 0.25) is 0 Å². The summed E-state index contributed by atoms with van der Waals surface area (Å²) >= 11 is 6.04. The van der Waals surface area contributed by atoms with E-state index < -0.39 is 27.4 Å². The molecular weight excluding hydrogens is 484 g/mol. The lowest BCUT2D eigenvalue weighted by Crippen LogP contribution is -2.39. The molecule has 0 heterocycles. The van der Waals surface area contributed by atoms with E-state index in [1.165, 1.54) is 61.7 Å². The lowest BCUT2D eigenvalue weighted by molar-refractivity contribution is -0.385. The predicted octanol–water partition coefficient (Wildman–Crippen LogP) is 3.60. The van der Waals surface area contributed by atoms with E-state index in [0.29, 0.717) is 5.75 Å². The van der Waals surface area contributed by atoms with E-state index in [9.17, 15) is 23.3 Å². The molecule has 3 aromatic carbocycles. The standard InChI is InChI=1S/C22H19ClN4O6S/c1-33-19-9-11-20(12-10-19)34(31,32)26(18-7-4-6-17(23)13-18)15-22(28)25-24-14-16-5-2-3-8-21(16)27(29)30/h2-14H,15H2,1H3,(H,25,28)/b24-14-. The number of hydrogen-bond acceptors (Lipinski definition) is 7. The number of nitro groups is 1. The van der Waals surface area contributed by atoms with Crippen LogP contribution in [0.1, 0.15) is 5.56 Å². The quantitative estimate of drug-likeness (QED) is 0.270. The fourth-order valence-corrected chi connectivity index (χ4v) is 4.52. The highest BCUT2D eigenvalue weighted by atomic mass is 35.5. The molecule has 0 aliphatic rings. The van der Waals surface area contributed by atoms with Crippen LogP contribution < -0.4 is 14.5 Å². The SMILES string of the molecule is COc1ccc(S(=O)(=O)N(CC(=O)N/N=C\c2ccccc2[N+](=O)[O-])c2cccc(Cl)c2)cc1. The number of ether oxygens (including phenoxy) is 1. The summed E-state index contributed by atoms with van der Waals surface area (Å²) in [6.07, 6.45) is 1.11. The summed E-state index contributed by atoms with van der Waals surface area (Å²) < 4.78 is 32.6. The number of sulfonamides is 1. The molecular formula is C22H19ClN4O6S. The number of benzene rings is 3. The lowest BCUT2D eigenvalue weighted by Gasteiger charge is -2.24. The molecule has 0 aliphatic heterocycles. The third-order valence-corrected chi connectivity index (χ3v) is 6.58. The molecule has 1 amide bonds. The van der Waals surface area contributed by atoms with Crippen molar-refractivity contribution < 1.29 is 22.9 Å². The third kappa shape index (κ3) is 5.88. The van der Waals surface area contributed by atoms with Crippen LogP contribution >= 0.6 is 11.6 Å². The second-order valence-electron chi connectivity index (χ2n) is 6.78. The van der Waals surface area contributed by atoms with Gasteiger partial charge in [0, 0.05) is 11.1 Å². The molecule has 10 nitrogen and oxygen atoms in total. The minimum Gasteiger partial charge on any atom is -0.497 e. The van der Waals surface area contributed by atoms with E-state index >= 15 is 0 Å². The van der Waals surface area contributed by atoms with E-state index in [1.807, 2.05) is 0 Å². The molecule has 0 radical (unpaired) electrons. The predicted molar refractivity (Wildman–Crippen MR) is 128 cm³/mol. The zero-order valence-corrected chi connectivity index (χ0v) is 19.4. The number of methoxy groups -OCH3 is 1. The smallest absolute Gasteiger partial charge is 0.278 e. The van der Waals surface area contributed by atoms with Crippen molar-refractivity contribution >= 4 is 45.1 Å². The molecule has 12 heteroatoms. The Balaban J connectivity index is 1.86.